The number of ether oxygens (including phenoxy) is 1. The van der Waals surface area contributed by atoms with Crippen molar-refractivity contribution in [3.05, 3.63) is 63.7 Å². The highest BCUT2D eigenvalue weighted by molar-refractivity contribution is 5.90. The lowest BCUT2D eigenvalue weighted by molar-refractivity contribution is -0.384. The number of nitrogens with zero attached hydrogens (tertiary/aromatic N) is 2. The zero-order valence-electron chi connectivity index (χ0n) is 12.7. The van der Waals surface area contributed by atoms with Gasteiger partial charge in [-0.15, -0.1) is 0 Å². The van der Waals surface area contributed by atoms with Gasteiger partial charge in [-0.2, -0.15) is 0 Å². The van der Waals surface area contributed by atoms with E-state index in [1.807, 2.05) is 0 Å². The van der Waals surface area contributed by atoms with Gasteiger partial charge in [-0.3, -0.25) is 14.9 Å². The van der Waals surface area contributed by atoms with E-state index in [0.29, 0.717) is 5.56 Å². The smallest absolute Gasteiger partial charge is 0.355 e. The lowest BCUT2D eigenvalue weighted by Gasteiger charge is -2.07. The highest BCUT2D eigenvalue weighted by atomic mass is 19.1. The Morgan fingerprint density at radius 3 is 2.71 bits per heavy atom. The minimum Gasteiger partial charge on any atom is -0.451 e. The molecule has 1 heterocycles. The van der Waals surface area contributed by atoms with Crippen molar-refractivity contribution in [1.82, 2.24) is 9.88 Å². The SMILES string of the molecule is Cn1cc([N+](=O)[O-])cc1C(=O)OCC(=O)NCc1ccccc1F. The molecule has 0 saturated heterocycles. The maximum atomic E-state index is 13.4. The first-order valence-electron chi connectivity index (χ1n) is 6.86. The molecule has 24 heavy (non-hydrogen) atoms. The van der Waals surface area contributed by atoms with Crippen molar-refractivity contribution in [2.45, 2.75) is 6.54 Å². The van der Waals surface area contributed by atoms with Gasteiger partial charge in [0, 0.05) is 25.2 Å². The number of hydrogen-bond donors (Lipinski definition) is 1. The summed E-state index contributed by atoms with van der Waals surface area (Å²) in [5.41, 5.74) is -0.00714. The van der Waals surface area contributed by atoms with E-state index >= 15 is 0 Å². The first kappa shape index (κ1) is 17.1. The van der Waals surface area contributed by atoms with E-state index in [2.05, 4.69) is 5.32 Å². The Hall–Kier alpha value is -3.23. The number of carbonyl (C=O) groups is 2. The molecule has 0 spiro atoms. The van der Waals surface area contributed by atoms with Crippen LogP contribution in [0.15, 0.2) is 36.5 Å². The molecule has 0 aliphatic heterocycles. The lowest BCUT2D eigenvalue weighted by atomic mass is 10.2. The van der Waals surface area contributed by atoms with Crippen molar-refractivity contribution in [3.8, 4) is 0 Å². The maximum Gasteiger partial charge on any atom is 0.355 e. The molecule has 0 aliphatic rings. The van der Waals surface area contributed by atoms with Crippen molar-refractivity contribution < 1.29 is 23.6 Å². The molecule has 1 N–H and O–H groups in total. The maximum absolute atomic E-state index is 13.4. The predicted molar refractivity (Wildman–Crippen MR) is 80.6 cm³/mol. The number of rotatable bonds is 6. The Labute approximate surface area is 136 Å². The average Bonchev–Trinajstić information content (AvgIpc) is 2.94. The summed E-state index contributed by atoms with van der Waals surface area (Å²) in [4.78, 5) is 33.5. The average molecular weight is 335 g/mol. The quantitative estimate of drug-likeness (QED) is 0.490. The molecule has 2 aromatic rings. The van der Waals surface area contributed by atoms with Crippen molar-refractivity contribution in [2.24, 2.45) is 7.05 Å². The van der Waals surface area contributed by atoms with Gasteiger partial charge in [-0.25, -0.2) is 9.18 Å². The summed E-state index contributed by atoms with van der Waals surface area (Å²) in [5.74, 6) is -1.94. The van der Waals surface area contributed by atoms with Gasteiger partial charge >= 0.3 is 5.97 Å². The molecule has 2 rings (SSSR count). The summed E-state index contributed by atoms with van der Waals surface area (Å²) >= 11 is 0. The number of aryl methyl sites for hydroxylation is 1. The molecule has 0 atom stereocenters. The van der Waals surface area contributed by atoms with Gasteiger partial charge in [0.05, 0.1) is 11.1 Å². The molecule has 1 aromatic heterocycles. The molecule has 1 aromatic carbocycles. The molecule has 0 saturated carbocycles. The molecule has 0 radical (unpaired) electrons. The van der Waals surface area contributed by atoms with E-state index in [9.17, 15) is 24.1 Å². The number of aromatic nitrogens is 1. The Balaban J connectivity index is 1.86. The fourth-order valence-corrected chi connectivity index (χ4v) is 1.94. The van der Waals surface area contributed by atoms with Crippen molar-refractivity contribution in [3.63, 3.8) is 0 Å². The van der Waals surface area contributed by atoms with Crippen LogP contribution in [0, 0.1) is 15.9 Å². The standard InChI is InChI=1S/C15H14FN3O5/c1-18-8-11(19(22)23)6-13(18)15(21)24-9-14(20)17-7-10-4-2-3-5-12(10)16/h2-6,8H,7,9H2,1H3,(H,17,20). The summed E-state index contributed by atoms with van der Waals surface area (Å²) in [6, 6.07) is 7.00. The molecule has 0 bridgehead atoms. The van der Waals surface area contributed by atoms with E-state index in [-0.39, 0.29) is 17.9 Å². The van der Waals surface area contributed by atoms with Gasteiger partial charge in [-0.05, 0) is 6.07 Å². The van der Waals surface area contributed by atoms with Gasteiger partial charge in [0.2, 0.25) is 0 Å². The summed E-state index contributed by atoms with van der Waals surface area (Å²) < 4.78 is 19.4. The number of hydrogen-bond acceptors (Lipinski definition) is 5. The molecule has 0 unspecified atom stereocenters. The van der Waals surface area contributed by atoms with Crippen molar-refractivity contribution >= 4 is 17.6 Å². The van der Waals surface area contributed by atoms with Gasteiger partial charge in [-0.1, -0.05) is 18.2 Å². The molecular weight excluding hydrogens is 321 g/mol. The van der Waals surface area contributed by atoms with E-state index in [1.54, 1.807) is 6.07 Å². The Morgan fingerprint density at radius 2 is 2.08 bits per heavy atom. The minimum absolute atomic E-state index is 0.0430. The third kappa shape index (κ3) is 4.15. The Bertz CT molecular complexity index is 787. The molecule has 126 valence electrons. The number of nitro groups is 1. The highest BCUT2D eigenvalue weighted by Gasteiger charge is 2.19. The van der Waals surface area contributed by atoms with Crippen LogP contribution in [0.4, 0.5) is 10.1 Å². The largest absolute Gasteiger partial charge is 0.451 e. The highest BCUT2D eigenvalue weighted by Crippen LogP contribution is 2.15. The van der Waals surface area contributed by atoms with Gasteiger partial charge in [0.25, 0.3) is 11.6 Å². The zero-order chi connectivity index (χ0) is 17.7. The second-order valence-corrected chi connectivity index (χ2v) is 4.90. The van der Waals surface area contributed by atoms with E-state index in [1.165, 1.54) is 29.8 Å². The predicted octanol–water partition coefficient (Wildman–Crippen LogP) is 1.55. The third-order valence-electron chi connectivity index (χ3n) is 3.18. The van der Waals surface area contributed by atoms with Crippen LogP contribution < -0.4 is 5.32 Å². The van der Waals surface area contributed by atoms with Crippen LogP contribution in [0.3, 0.4) is 0 Å². The summed E-state index contributed by atoms with van der Waals surface area (Å²) in [6.07, 6.45) is 1.16. The van der Waals surface area contributed by atoms with Crippen LogP contribution in [0.1, 0.15) is 16.1 Å². The number of esters is 1. The van der Waals surface area contributed by atoms with Crippen LogP contribution in [-0.4, -0.2) is 28.0 Å². The number of benzene rings is 1. The second-order valence-electron chi connectivity index (χ2n) is 4.90. The molecule has 0 fully saturated rings. The molecule has 8 nitrogen and oxygen atoms in total. The van der Waals surface area contributed by atoms with E-state index < -0.39 is 29.2 Å². The molecule has 1 amide bonds. The van der Waals surface area contributed by atoms with Crippen molar-refractivity contribution in [2.75, 3.05) is 6.61 Å². The summed E-state index contributed by atoms with van der Waals surface area (Å²) in [5, 5.41) is 13.1. The Kier molecular flexibility index (Phi) is 5.25. The van der Waals surface area contributed by atoms with E-state index in [0.717, 1.165) is 12.3 Å². The first-order chi connectivity index (χ1) is 11.4. The number of nitrogens with one attached hydrogen (secondary N) is 1. The fourth-order valence-electron chi connectivity index (χ4n) is 1.94. The molecule has 0 aliphatic carbocycles. The van der Waals surface area contributed by atoms with Gasteiger partial charge < -0.3 is 14.6 Å². The normalized spacial score (nSPS) is 10.2. The number of carbonyl (C=O) groups excluding carboxylic acids is 2. The third-order valence-corrected chi connectivity index (χ3v) is 3.18. The molecular formula is C15H14FN3O5. The number of halogens is 1. The first-order valence-corrected chi connectivity index (χ1v) is 6.86. The van der Waals surface area contributed by atoms with E-state index in [4.69, 9.17) is 4.74 Å². The van der Waals surface area contributed by atoms with Crippen LogP contribution >= 0.6 is 0 Å². The Morgan fingerprint density at radius 1 is 1.38 bits per heavy atom. The van der Waals surface area contributed by atoms with Crippen LogP contribution in [0.5, 0.6) is 0 Å². The van der Waals surface area contributed by atoms with Gasteiger partial charge in [0.1, 0.15) is 11.5 Å². The summed E-state index contributed by atoms with van der Waals surface area (Å²) in [6.45, 7) is -0.620. The van der Waals surface area contributed by atoms with Crippen LogP contribution in [-0.2, 0) is 23.1 Å². The molecule has 9 heteroatoms. The summed E-state index contributed by atoms with van der Waals surface area (Å²) in [7, 11) is 1.45. The zero-order valence-corrected chi connectivity index (χ0v) is 12.7. The van der Waals surface area contributed by atoms with Crippen LogP contribution in [0.25, 0.3) is 0 Å². The topological polar surface area (TPSA) is 103 Å². The van der Waals surface area contributed by atoms with Crippen molar-refractivity contribution in [1.29, 1.82) is 0 Å². The fraction of sp³-hybridized carbons (Fsp3) is 0.200. The lowest BCUT2D eigenvalue weighted by Crippen LogP contribution is -2.29. The minimum atomic E-state index is -0.869. The number of amides is 1. The van der Waals surface area contributed by atoms with Crippen LogP contribution in [0.2, 0.25) is 0 Å². The monoisotopic (exact) mass is 335 g/mol. The second kappa shape index (κ2) is 7.36. The van der Waals surface area contributed by atoms with Gasteiger partial charge in [0.15, 0.2) is 6.61 Å².